The number of aromatic amines is 1. The van der Waals surface area contributed by atoms with Crippen molar-refractivity contribution in [1.82, 2.24) is 15.2 Å². The van der Waals surface area contributed by atoms with E-state index in [0.29, 0.717) is 31.9 Å². The first-order valence-corrected chi connectivity index (χ1v) is 11.4. The van der Waals surface area contributed by atoms with Gasteiger partial charge in [0.1, 0.15) is 5.69 Å². The Morgan fingerprint density at radius 3 is 2.30 bits per heavy atom. The summed E-state index contributed by atoms with van der Waals surface area (Å²) in [5.74, 6) is -0.373. The normalized spacial score (nSPS) is 10.7. The SMILES string of the molecule is CCOC(=O)c1[nH]c(C)c(CN(Cc2ccc(C)cc2)C(=O)NCCc2ccccc2)c1C. The Hall–Kier alpha value is -3.54. The van der Waals surface area contributed by atoms with Gasteiger partial charge in [-0.2, -0.15) is 0 Å². The third kappa shape index (κ3) is 6.48. The van der Waals surface area contributed by atoms with Gasteiger partial charge in [-0.15, -0.1) is 0 Å². The minimum absolute atomic E-state index is 0.135. The van der Waals surface area contributed by atoms with Gasteiger partial charge in [0, 0.05) is 25.3 Å². The van der Waals surface area contributed by atoms with Crippen molar-refractivity contribution in [2.45, 2.75) is 47.2 Å². The second-order valence-corrected chi connectivity index (χ2v) is 8.26. The van der Waals surface area contributed by atoms with E-state index in [1.165, 1.54) is 11.1 Å². The van der Waals surface area contributed by atoms with E-state index in [1.54, 1.807) is 11.8 Å². The van der Waals surface area contributed by atoms with Crippen molar-refractivity contribution in [1.29, 1.82) is 0 Å². The van der Waals surface area contributed by atoms with Gasteiger partial charge in [-0.25, -0.2) is 9.59 Å². The molecule has 0 unspecified atom stereocenters. The van der Waals surface area contributed by atoms with E-state index in [1.807, 2.05) is 63.2 Å². The number of amides is 2. The van der Waals surface area contributed by atoms with Crippen LogP contribution in [0.15, 0.2) is 54.6 Å². The molecule has 6 nitrogen and oxygen atoms in total. The maximum Gasteiger partial charge on any atom is 0.355 e. The first kappa shape index (κ1) is 24.1. The average molecular weight is 448 g/mol. The van der Waals surface area contributed by atoms with E-state index in [9.17, 15) is 9.59 Å². The van der Waals surface area contributed by atoms with Crippen molar-refractivity contribution >= 4 is 12.0 Å². The van der Waals surface area contributed by atoms with E-state index in [0.717, 1.165) is 28.8 Å². The molecule has 0 radical (unpaired) electrons. The molecule has 0 spiro atoms. The van der Waals surface area contributed by atoms with E-state index in [4.69, 9.17) is 4.74 Å². The number of nitrogens with one attached hydrogen (secondary N) is 2. The first-order valence-electron chi connectivity index (χ1n) is 11.4. The van der Waals surface area contributed by atoms with Gasteiger partial charge in [0.2, 0.25) is 0 Å². The lowest BCUT2D eigenvalue weighted by Crippen LogP contribution is -2.40. The minimum atomic E-state index is -0.373. The fraction of sp³-hybridized carbons (Fsp3) is 0.333. The zero-order valence-electron chi connectivity index (χ0n) is 19.9. The monoisotopic (exact) mass is 447 g/mol. The molecule has 0 saturated carbocycles. The van der Waals surface area contributed by atoms with Crippen LogP contribution in [0.25, 0.3) is 0 Å². The summed E-state index contributed by atoms with van der Waals surface area (Å²) in [7, 11) is 0. The summed E-state index contributed by atoms with van der Waals surface area (Å²) >= 11 is 0. The maximum absolute atomic E-state index is 13.2. The zero-order valence-corrected chi connectivity index (χ0v) is 19.9. The van der Waals surface area contributed by atoms with Crippen molar-refractivity contribution in [2.24, 2.45) is 0 Å². The Morgan fingerprint density at radius 1 is 0.939 bits per heavy atom. The fourth-order valence-electron chi connectivity index (χ4n) is 3.81. The Morgan fingerprint density at radius 2 is 1.64 bits per heavy atom. The molecule has 1 heterocycles. The van der Waals surface area contributed by atoms with Crippen LogP contribution in [0, 0.1) is 20.8 Å². The fourth-order valence-corrected chi connectivity index (χ4v) is 3.81. The second-order valence-electron chi connectivity index (χ2n) is 8.26. The van der Waals surface area contributed by atoms with Crippen LogP contribution in [0.3, 0.4) is 0 Å². The van der Waals surface area contributed by atoms with E-state index >= 15 is 0 Å². The molecule has 0 aliphatic heterocycles. The van der Waals surface area contributed by atoms with Crippen LogP contribution in [-0.2, 0) is 24.2 Å². The standard InChI is InChI=1S/C27H33N3O3/c1-5-33-26(31)25-20(3)24(21(4)29-25)18-30(17-23-13-11-19(2)12-14-23)27(32)28-16-15-22-9-7-6-8-10-22/h6-14,29H,5,15-18H2,1-4H3,(H,28,32). The lowest BCUT2D eigenvalue weighted by Gasteiger charge is -2.24. The molecule has 0 bridgehead atoms. The number of hydrogen-bond acceptors (Lipinski definition) is 3. The van der Waals surface area contributed by atoms with Crippen LogP contribution >= 0.6 is 0 Å². The van der Waals surface area contributed by atoms with E-state index in [2.05, 4.69) is 22.4 Å². The number of rotatable bonds is 9. The second kappa shape index (κ2) is 11.4. The van der Waals surface area contributed by atoms with Crippen molar-refractivity contribution in [3.05, 3.63) is 93.8 Å². The van der Waals surface area contributed by atoms with Gasteiger partial charge in [-0.05, 0) is 56.4 Å². The maximum atomic E-state index is 13.2. The number of aromatic nitrogens is 1. The molecular weight excluding hydrogens is 414 g/mol. The van der Waals surface area contributed by atoms with Gasteiger partial charge in [0.15, 0.2) is 0 Å². The van der Waals surface area contributed by atoms with Crippen LogP contribution in [-0.4, -0.2) is 35.0 Å². The van der Waals surface area contributed by atoms with Crippen molar-refractivity contribution in [3.8, 4) is 0 Å². The molecule has 6 heteroatoms. The predicted molar refractivity (Wildman–Crippen MR) is 130 cm³/mol. The molecular formula is C27H33N3O3. The topological polar surface area (TPSA) is 74.4 Å². The third-order valence-corrected chi connectivity index (χ3v) is 5.74. The number of H-pyrrole nitrogens is 1. The highest BCUT2D eigenvalue weighted by Gasteiger charge is 2.22. The van der Waals surface area contributed by atoms with Crippen molar-refractivity contribution < 1.29 is 14.3 Å². The lowest BCUT2D eigenvalue weighted by molar-refractivity contribution is 0.0519. The van der Waals surface area contributed by atoms with Gasteiger partial charge in [0.25, 0.3) is 0 Å². The molecule has 0 atom stereocenters. The van der Waals surface area contributed by atoms with Crippen LogP contribution in [0.4, 0.5) is 4.79 Å². The first-order chi connectivity index (χ1) is 15.9. The number of carbonyl (C=O) groups excluding carboxylic acids is 2. The Kier molecular flexibility index (Phi) is 8.30. The number of benzene rings is 2. The number of hydrogen-bond donors (Lipinski definition) is 2. The Balaban J connectivity index is 1.77. The molecule has 0 aliphatic carbocycles. The highest BCUT2D eigenvalue weighted by Crippen LogP contribution is 2.22. The summed E-state index contributed by atoms with van der Waals surface area (Å²) < 4.78 is 5.17. The molecule has 33 heavy (non-hydrogen) atoms. The van der Waals surface area contributed by atoms with Crippen LogP contribution in [0.1, 0.15) is 50.9 Å². The number of aryl methyl sites for hydroxylation is 2. The molecule has 1 aromatic heterocycles. The summed E-state index contributed by atoms with van der Waals surface area (Å²) in [4.78, 5) is 30.4. The molecule has 0 saturated heterocycles. The molecule has 2 amide bonds. The summed E-state index contributed by atoms with van der Waals surface area (Å²) in [5.41, 5.74) is 6.47. The van der Waals surface area contributed by atoms with E-state index in [-0.39, 0.29) is 12.0 Å². The number of carbonyl (C=O) groups is 2. The van der Waals surface area contributed by atoms with Crippen LogP contribution in [0.2, 0.25) is 0 Å². The highest BCUT2D eigenvalue weighted by molar-refractivity contribution is 5.89. The molecule has 2 aromatic carbocycles. The number of ether oxygens (including phenoxy) is 1. The number of urea groups is 1. The average Bonchev–Trinajstić information content (AvgIpc) is 3.09. The molecule has 3 aromatic rings. The van der Waals surface area contributed by atoms with Crippen molar-refractivity contribution in [3.63, 3.8) is 0 Å². The molecule has 2 N–H and O–H groups in total. The van der Waals surface area contributed by atoms with Gasteiger partial charge in [0.05, 0.1) is 6.61 Å². The lowest BCUT2D eigenvalue weighted by atomic mass is 10.1. The van der Waals surface area contributed by atoms with Gasteiger partial charge < -0.3 is 19.9 Å². The minimum Gasteiger partial charge on any atom is -0.461 e. The number of nitrogens with zero attached hydrogens (tertiary/aromatic N) is 1. The zero-order chi connectivity index (χ0) is 23.8. The largest absolute Gasteiger partial charge is 0.461 e. The Bertz CT molecular complexity index is 1070. The molecule has 3 rings (SSSR count). The summed E-state index contributed by atoms with van der Waals surface area (Å²) in [6, 6.07) is 18.1. The van der Waals surface area contributed by atoms with Crippen LogP contribution in [0.5, 0.6) is 0 Å². The molecule has 0 aliphatic rings. The number of esters is 1. The van der Waals surface area contributed by atoms with E-state index < -0.39 is 0 Å². The summed E-state index contributed by atoms with van der Waals surface area (Å²) in [6.07, 6.45) is 0.764. The van der Waals surface area contributed by atoms with Crippen LogP contribution < -0.4 is 5.32 Å². The van der Waals surface area contributed by atoms with Gasteiger partial charge in [-0.3, -0.25) is 0 Å². The Labute approximate surface area is 196 Å². The quantitative estimate of drug-likeness (QED) is 0.450. The summed E-state index contributed by atoms with van der Waals surface area (Å²) in [5, 5.41) is 3.06. The highest BCUT2D eigenvalue weighted by atomic mass is 16.5. The van der Waals surface area contributed by atoms with Gasteiger partial charge >= 0.3 is 12.0 Å². The molecule has 0 fully saturated rings. The molecule has 174 valence electrons. The summed E-state index contributed by atoms with van der Waals surface area (Å²) in [6.45, 7) is 9.36. The third-order valence-electron chi connectivity index (χ3n) is 5.74. The predicted octanol–water partition coefficient (Wildman–Crippen LogP) is 5.07. The smallest absolute Gasteiger partial charge is 0.355 e. The van der Waals surface area contributed by atoms with Crippen molar-refractivity contribution in [2.75, 3.05) is 13.2 Å². The van der Waals surface area contributed by atoms with Gasteiger partial charge in [-0.1, -0.05) is 60.2 Å².